The van der Waals surface area contributed by atoms with Gasteiger partial charge < -0.3 is 9.64 Å². The van der Waals surface area contributed by atoms with Gasteiger partial charge in [0, 0.05) is 17.6 Å². The Morgan fingerprint density at radius 1 is 1.31 bits per heavy atom. The van der Waals surface area contributed by atoms with Crippen LogP contribution in [0.4, 0.5) is 0 Å². The predicted octanol–water partition coefficient (Wildman–Crippen LogP) is 4.57. The first-order valence-electron chi connectivity index (χ1n) is 8.26. The highest BCUT2D eigenvalue weighted by molar-refractivity contribution is 7.16. The van der Waals surface area contributed by atoms with Crippen LogP contribution in [-0.4, -0.2) is 34.2 Å². The van der Waals surface area contributed by atoms with E-state index in [1.807, 2.05) is 44.2 Å². The van der Waals surface area contributed by atoms with Crippen molar-refractivity contribution in [3.8, 4) is 11.4 Å². The normalized spacial score (nSPS) is 10.8. The van der Waals surface area contributed by atoms with Crippen LogP contribution in [0.2, 0.25) is 4.34 Å². The van der Waals surface area contributed by atoms with Crippen LogP contribution in [0.1, 0.15) is 27.9 Å². The molecule has 3 aromatic rings. The molecule has 0 aliphatic heterocycles. The molecule has 0 fully saturated rings. The topological polar surface area (TPSA) is 47.4 Å². The molecular formula is C19H20ClN3O2S. The number of hydrogen-bond acceptors (Lipinski definition) is 4. The van der Waals surface area contributed by atoms with Gasteiger partial charge in [0.2, 0.25) is 0 Å². The van der Waals surface area contributed by atoms with Crippen LogP contribution in [0.25, 0.3) is 5.69 Å². The zero-order chi connectivity index (χ0) is 18.7. The van der Waals surface area contributed by atoms with Crippen molar-refractivity contribution in [2.24, 2.45) is 0 Å². The summed E-state index contributed by atoms with van der Waals surface area (Å²) < 4.78 is 7.80. The Morgan fingerprint density at radius 3 is 2.77 bits per heavy atom. The van der Waals surface area contributed by atoms with Gasteiger partial charge >= 0.3 is 0 Å². The molecule has 0 atom stereocenters. The van der Waals surface area contributed by atoms with Gasteiger partial charge in [0.1, 0.15) is 11.4 Å². The summed E-state index contributed by atoms with van der Waals surface area (Å²) in [7, 11) is 1.62. The molecule has 0 unspecified atom stereocenters. The van der Waals surface area contributed by atoms with Crippen molar-refractivity contribution in [1.82, 2.24) is 14.7 Å². The van der Waals surface area contributed by atoms with E-state index in [0.717, 1.165) is 20.5 Å². The van der Waals surface area contributed by atoms with Gasteiger partial charge in [0.05, 0.1) is 18.0 Å². The number of carbonyl (C=O) groups is 1. The smallest absolute Gasteiger partial charge is 0.274 e. The maximum Gasteiger partial charge on any atom is 0.274 e. The Morgan fingerprint density at radius 2 is 2.12 bits per heavy atom. The number of benzene rings is 1. The molecule has 0 aliphatic carbocycles. The van der Waals surface area contributed by atoms with Crippen LogP contribution in [-0.2, 0) is 6.54 Å². The lowest BCUT2D eigenvalue weighted by Crippen LogP contribution is -2.30. The van der Waals surface area contributed by atoms with E-state index in [4.69, 9.17) is 16.3 Å². The van der Waals surface area contributed by atoms with E-state index in [2.05, 4.69) is 5.10 Å². The Labute approximate surface area is 161 Å². The molecule has 0 bridgehead atoms. The molecule has 0 radical (unpaired) electrons. The molecule has 1 amide bonds. The van der Waals surface area contributed by atoms with Crippen LogP contribution in [0.3, 0.4) is 0 Å². The van der Waals surface area contributed by atoms with Gasteiger partial charge in [-0.25, -0.2) is 4.68 Å². The molecule has 5 nitrogen and oxygen atoms in total. The number of aryl methyl sites for hydroxylation is 1. The zero-order valence-corrected chi connectivity index (χ0v) is 16.5. The van der Waals surface area contributed by atoms with Crippen molar-refractivity contribution in [1.29, 1.82) is 0 Å². The molecule has 0 saturated heterocycles. The van der Waals surface area contributed by atoms with Crippen LogP contribution in [0, 0.1) is 6.92 Å². The third-order valence-electron chi connectivity index (χ3n) is 4.03. The Kier molecular flexibility index (Phi) is 5.64. The van der Waals surface area contributed by atoms with E-state index in [-0.39, 0.29) is 5.91 Å². The molecule has 0 spiro atoms. The first-order chi connectivity index (χ1) is 12.5. The van der Waals surface area contributed by atoms with Gasteiger partial charge in [0.15, 0.2) is 5.69 Å². The summed E-state index contributed by atoms with van der Waals surface area (Å²) in [6, 6.07) is 11.4. The van der Waals surface area contributed by atoms with Crippen molar-refractivity contribution in [3.05, 3.63) is 63.1 Å². The molecule has 1 aromatic carbocycles. The summed E-state index contributed by atoms with van der Waals surface area (Å²) in [6.07, 6.45) is 1.78. The van der Waals surface area contributed by atoms with Gasteiger partial charge in [-0.15, -0.1) is 11.3 Å². The molecule has 7 heteroatoms. The standard InChI is InChI=1S/C19H20ClN3O2S/c1-4-22(12-14-6-8-18(20)26-14)19(24)15-9-10-23(21-15)16-11-13(2)5-7-17(16)25-3/h5-11H,4,12H2,1-3H3. The fraction of sp³-hybridized carbons (Fsp3) is 0.263. The van der Waals surface area contributed by atoms with Gasteiger partial charge in [-0.3, -0.25) is 4.79 Å². The summed E-state index contributed by atoms with van der Waals surface area (Å²) >= 11 is 7.47. The van der Waals surface area contributed by atoms with E-state index < -0.39 is 0 Å². The molecular weight excluding hydrogens is 370 g/mol. The van der Waals surface area contributed by atoms with Gasteiger partial charge in [-0.2, -0.15) is 5.10 Å². The number of thiophene rings is 1. The van der Waals surface area contributed by atoms with E-state index in [0.29, 0.717) is 24.5 Å². The highest BCUT2D eigenvalue weighted by atomic mass is 35.5. The molecule has 0 saturated carbocycles. The third-order valence-corrected chi connectivity index (χ3v) is 5.25. The molecule has 2 heterocycles. The first-order valence-corrected chi connectivity index (χ1v) is 9.45. The number of hydrogen-bond donors (Lipinski definition) is 0. The lowest BCUT2D eigenvalue weighted by Gasteiger charge is -2.18. The molecule has 26 heavy (non-hydrogen) atoms. The molecule has 0 N–H and O–H groups in total. The Balaban J connectivity index is 1.84. The lowest BCUT2D eigenvalue weighted by atomic mass is 10.2. The average Bonchev–Trinajstić information content (AvgIpc) is 3.28. The van der Waals surface area contributed by atoms with Crippen molar-refractivity contribution in [2.45, 2.75) is 20.4 Å². The van der Waals surface area contributed by atoms with Crippen molar-refractivity contribution in [2.75, 3.05) is 13.7 Å². The minimum Gasteiger partial charge on any atom is -0.494 e. The number of nitrogens with zero attached hydrogens (tertiary/aromatic N) is 3. The molecule has 136 valence electrons. The highest BCUT2D eigenvalue weighted by Gasteiger charge is 2.19. The van der Waals surface area contributed by atoms with E-state index in [1.165, 1.54) is 11.3 Å². The number of methoxy groups -OCH3 is 1. The molecule has 2 aromatic heterocycles. The van der Waals surface area contributed by atoms with E-state index in [9.17, 15) is 4.79 Å². The van der Waals surface area contributed by atoms with Gasteiger partial charge in [-0.05, 0) is 49.7 Å². The van der Waals surface area contributed by atoms with Crippen molar-refractivity contribution >= 4 is 28.8 Å². The maximum atomic E-state index is 12.8. The van der Waals surface area contributed by atoms with Crippen LogP contribution in [0.15, 0.2) is 42.6 Å². The van der Waals surface area contributed by atoms with E-state index in [1.54, 1.807) is 29.0 Å². The summed E-state index contributed by atoms with van der Waals surface area (Å²) in [6.45, 7) is 5.07. The number of carbonyl (C=O) groups excluding carboxylic acids is 1. The second kappa shape index (κ2) is 7.93. The zero-order valence-electron chi connectivity index (χ0n) is 14.9. The minimum absolute atomic E-state index is 0.109. The first kappa shape index (κ1) is 18.5. The number of amides is 1. The molecule has 3 rings (SSSR count). The largest absolute Gasteiger partial charge is 0.494 e. The van der Waals surface area contributed by atoms with Gasteiger partial charge in [0.25, 0.3) is 5.91 Å². The van der Waals surface area contributed by atoms with Gasteiger partial charge in [-0.1, -0.05) is 17.7 Å². The maximum absolute atomic E-state index is 12.8. The summed E-state index contributed by atoms with van der Waals surface area (Å²) in [4.78, 5) is 15.6. The molecule has 0 aliphatic rings. The minimum atomic E-state index is -0.109. The summed E-state index contributed by atoms with van der Waals surface area (Å²) in [5.74, 6) is 0.598. The Hall–Kier alpha value is -2.31. The fourth-order valence-electron chi connectivity index (χ4n) is 2.67. The van der Waals surface area contributed by atoms with Crippen LogP contribution in [0.5, 0.6) is 5.75 Å². The van der Waals surface area contributed by atoms with E-state index >= 15 is 0 Å². The highest BCUT2D eigenvalue weighted by Crippen LogP contribution is 2.25. The van der Waals surface area contributed by atoms with Crippen molar-refractivity contribution < 1.29 is 9.53 Å². The second-order valence-corrected chi connectivity index (χ2v) is 7.65. The lowest BCUT2D eigenvalue weighted by molar-refractivity contribution is 0.0747. The van der Waals surface area contributed by atoms with Crippen LogP contribution >= 0.6 is 22.9 Å². The number of rotatable bonds is 6. The Bertz CT molecular complexity index is 919. The van der Waals surface area contributed by atoms with Crippen molar-refractivity contribution in [3.63, 3.8) is 0 Å². The second-order valence-electron chi connectivity index (χ2n) is 5.85. The quantitative estimate of drug-likeness (QED) is 0.620. The number of aromatic nitrogens is 2. The predicted molar refractivity (Wildman–Crippen MR) is 105 cm³/mol. The third kappa shape index (κ3) is 3.92. The summed E-state index contributed by atoms with van der Waals surface area (Å²) in [5.41, 5.74) is 2.30. The monoisotopic (exact) mass is 389 g/mol. The number of halogens is 1. The fourth-order valence-corrected chi connectivity index (χ4v) is 3.77. The SMILES string of the molecule is CCN(Cc1ccc(Cl)s1)C(=O)c1ccn(-c2cc(C)ccc2OC)n1. The number of ether oxygens (including phenoxy) is 1. The summed E-state index contributed by atoms with van der Waals surface area (Å²) in [5, 5.41) is 4.47. The average molecular weight is 390 g/mol. The van der Waals surface area contributed by atoms with Crippen LogP contribution < -0.4 is 4.74 Å².